The zero-order chi connectivity index (χ0) is 14.0. The molecular formula is C13H15ClN2O3. The van der Waals surface area contributed by atoms with Gasteiger partial charge in [0.2, 0.25) is 0 Å². The lowest BCUT2D eigenvalue weighted by molar-refractivity contribution is -0.384. The van der Waals surface area contributed by atoms with Gasteiger partial charge in [0.05, 0.1) is 15.5 Å². The summed E-state index contributed by atoms with van der Waals surface area (Å²) in [5.41, 5.74) is 0.231. The molecular weight excluding hydrogens is 268 g/mol. The van der Waals surface area contributed by atoms with Gasteiger partial charge in [-0.1, -0.05) is 11.6 Å². The molecule has 1 aliphatic heterocycles. The van der Waals surface area contributed by atoms with Gasteiger partial charge >= 0.3 is 0 Å². The van der Waals surface area contributed by atoms with Crippen molar-refractivity contribution in [3.05, 3.63) is 38.9 Å². The van der Waals surface area contributed by atoms with E-state index < -0.39 is 4.92 Å². The Morgan fingerprint density at radius 3 is 2.79 bits per heavy atom. The molecule has 1 aliphatic rings. The normalized spacial score (nSPS) is 19.3. The molecule has 0 N–H and O–H groups in total. The number of halogens is 1. The third-order valence-corrected chi connectivity index (χ3v) is 3.77. The van der Waals surface area contributed by atoms with E-state index in [-0.39, 0.29) is 22.7 Å². The highest BCUT2D eigenvalue weighted by Crippen LogP contribution is 2.26. The number of piperidine rings is 1. The number of benzene rings is 1. The topological polar surface area (TPSA) is 63.5 Å². The summed E-state index contributed by atoms with van der Waals surface area (Å²) in [5, 5.41) is 10.8. The number of carbonyl (C=O) groups is 1. The molecule has 5 nitrogen and oxygen atoms in total. The first-order valence-corrected chi connectivity index (χ1v) is 6.63. The molecule has 1 saturated heterocycles. The summed E-state index contributed by atoms with van der Waals surface area (Å²) in [6, 6.07) is 4.16. The van der Waals surface area contributed by atoms with Gasteiger partial charge in [0, 0.05) is 24.7 Å². The van der Waals surface area contributed by atoms with Gasteiger partial charge in [-0.25, -0.2) is 0 Å². The van der Waals surface area contributed by atoms with Gasteiger partial charge in [0.25, 0.3) is 11.6 Å². The molecule has 1 amide bonds. The van der Waals surface area contributed by atoms with Crippen molar-refractivity contribution >= 4 is 23.2 Å². The Balaban J connectivity index is 2.26. The van der Waals surface area contributed by atoms with Crippen molar-refractivity contribution < 1.29 is 9.72 Å². The highest BCUT2D eigenvalue weighted by Gasteiger charge is 2.26. The molecule has 0 radical (unpaired) electrons. The van der Waals surface area contributed by atoms with Crippen LogP contribution in [0.1, 0.15) is 36.5 Å². The number of rotatable bonds is 2. The van der Waals surface area contributed by atoms with Crippen LogP contribution in [0, 0.1) is 10.1 Å². The summed E-state index contributed by atoms with van der Waals surface area (Å²) in [6.07, 6.45) is 3.09. The minimum atomic E-state index is -0.524. The van der Waals surface area contributed by atoms with Crippen LogP contribution in [-0.2, 0) is 0 Å². The lowest BCUT2D eigenvalue weighted by Crippen LogP contribution is -2.42. The predicted molar refractivity (Wildman–Crippen MR) is 72.5 cm³/mol. The van der Waals surface area contributed by atoms with E-state index in [0.29, 0.717) is 12.1 Å². The number of non-ortho nitro benzene ring substituents is 1. The second-order valence-electron chi connectivity index (χ2n) is 4.76. The second kappa shape index (κ2) is 5.57. The molecule has 1 heterocycles. The molecule has 0 aromatic heterocycles. The highest BCUT2D eigenvalue weighted by atomic mass is 35.5. The Morgan fingerprint density at radius 2 is 2.21 bits per heavy atom. The largest absolute Gasteiger partial charge is 0.336 e. The quantitative estimate of drug-likeness (QED) is 0.618. The minimum Gasteiger partial charge on any atom is -0.336 e. The van der Waals surface area contributed by atoms with Crippen LogP contribution in [0.2, 0.25) is 5.02 Å². The lowest BCUT2D eigenvalue weighted by atomic mass is 10.0. The van der Waals surface area contributed by atoms with Crippen molar-refractivity contribution in [1.82, 2.24) is 4.90 Å². The van der Waals surface area contributed by atoms with Crippen LogP contribution < -0.4 is 0 Å². The predicted octanol–water partition coefficient (Wildman–Crippen LogP) is 3.26. The molecule has 0 unspecified atom stereocenters. The first-order valence-electron chi connectivity index (χ1n) is 6.25. The SMILES string of the molecule is C[C@H]1CCCCN1C(=O)c1ccc([N+](=O)[O-])cc1Cl. The van der Waals surface area contributed by atoms with E-state index in [4.69, 9.17) is 11.6 Å². The van der Waals surface area contributed by atoms with Crippen molar-refractivity contribution in [3.8, 4) is 0 Å². The number of nitro groups is 1. The summed E-state index contributed by atoms with van der Waals surface area (Å²) < 4.78 is 0. The summed E-state index contributed by atoms with van der Waals surface area (Å²) in [7, 11) is 0. The number of nitrogens with zero attached hydrogens (tertiary/aromatic N) is 2. The van der Waals surface area contributed by atoms with Crippen molar-refractivity contribution in [2.45, 2.75) is 32.2 Å². The Hall–Kier alpha value is -1.62. The van der Waals surface area contributed by atoms with Gasteiger partial charge in [-0.15, -0.1) is 0 Å². The Labute approximate surface area is 116 Å². The van der Waals surface area contributed by atoms with E-state index in [1.54, 1.807) is 4.90 Å². The third kappa shape index (κ3) is 2.87. The van der Waals surface area contributed by atoms with E-state index >= 15 is 0 Å². The molecule has 6 heteroatoms. The molecule has 1 atom stereocenters. The monoisotopic (exact) mass is 282 g/mol. The smallest absolute Gasteiger partial charge is 0.270 e. The van der Waals surface area contributed by atoms with Crippen LogP contribution in [0.25, 0.3) is 0 Å². The maximum atomic E-state index is 12.4. The third-order valence-electron chi connectivity index (χ3n) is 3.46. The molecule has 102 valence electrons. The molecule has 19 heavy (non-hydrogen) atoms. The van der Waals surface area contributed by atoms with E-state index in [9.17, 15) is 14.9 Å². The average Bonchev–Trinajstić information content (AvgIpc) is 2.38. The van der Waals surface area contributed by atoms with Gasteiger partial charge < -0.3 is 4.90 Å². The van der Waals surface area contributed by atoms with E-state index in [2.05, 4.69) is 0 Å². The first-order chi connectivity index (χ1) is 9.00. The average molecular weight is 283 g/mol. The zero-order valence-electron chi connectivity index (χ0n) is 10.6. The fraction of sp³-hybridized carbons (Fsp3) is 0.462. The molecule has 2 rings (SSSR count). The molecule has 0 aliphatic carbocycles. The van der Waals surface area contributed by atoms with Crippen LogP contribution in [0.4, 0.5) is 5.69 Å². The lowest BCUT2D eigenvalue weighted by Gasteiger charge is -2.33. The fourth-order valence-corrected chi connectivity index (χ4v) is 2.60. The number of hydrogen-bond acceptors (Lipinski definition) is 3. The van der Waals surface area contributed by atoms with Gasteiger partial charge in [0.1, 0.15) is 0 Å². The summed E-state index contributed by atoms with van der Waals surface area (Å²) >= 11 is 5.98. The molecule has 0 saturated carbocycles. The minimum absolute atomic E-state index is 0.103. The van der Waals surface area contributed by atoms with Crippen LogP contribution in [0.5, 0.6) is 0 Å². The molecule has 0 bridgehead atoms. The van der Waals surface area contributed by atoms with Crippen LogP contribution in [0.3, 0.4) is 0 Å². The maximum Gasteiger partial charge on any atom is 0.270 e. The standard InChI is InChI=1S/C13H15ClN2O3/c1-9-4-2-3-7-15(9)13(17)11-6-5-10(16(18)19)8-12(11)14/h5-6,8-9H,2-4,7H2,1H3/t9-/m0/s1. The summed E-state index contributed by atoms with van der Waals surface area (Å²) in [4.78, 5) is 24.3. The summed E-state index contributed by atoms with van der Waals surface area (Å²) in [5.74, 6) is -0.146. The van der Waals surface area contributed by atoms with Crippen molar-refractivity contribution in [2.75, 3.05) is 6.54 Å². The van der Waals surface area contributed by atoms with E-state index in [1.165, 1.54) is 18.2 Å². The molecule has 1 aromatic rings. The van der Waals surface area contributed by atoms with E-state index in [0.717, 1.165) is 19.3 Å². The Bertz CT molecular complexity index is 519. The van der Waals surface area contributed by atoms with Gasteiger partial charge in [-0.2, -0.15) is 0 Å². The highest BCUT2D eigenvalue weighted by molar-refractivity contribution is 6.34. The van der Waals surface area contributed by atoms with Crippen molar-refractivity contribution in [2.24, 2.45) is 0 Å². The number of likely N-dealkylation sites (tertiary alicyclic amines) is 1. The van der Waals surface area contributed by atoms with Gasteiger partial charge in [0.15, 0.2) is 0 Å². The van der Waals surface area contributed by atoms with Crippen molar-refractivity contribution in [3.63, 3.8) is 0 Å². The number of amides is 1. The van der Waals surface area contributed by atoms with E-state index in [1.807, 2.05) is 6.92 Å². The second-order valence-corrected chi connectivity index (χ2v) is 5.17. The molecule has 1 aromatic carbocycles. The molecule has 1 fully saturated rings. The first kappa shape index (κ1) is 13.8. The fourth-order valence-electron chi connectivity index (χ4n) is 2.35. The Morgan fingerprint density at radius 1 is 1.47 bits per heavy atom. The van der Waals surface area contributed by atoms with Gasteiger partial charge in [-0.3, -0.25) is 14.9 Å². The van der Waals surface area contributed by atoms with Crippen molar-refractivity contribution in [1.29, 1.82) is 0 Å². The van der Waals surface area contributed by atoms with Crippen LogP contribution in [0.15, 0.2) is 18.2 Å². The van der Waals surface area contributed by atoms with Crippen LogP contribution in [-0.4, -0.2) is 28.3 Å². The van der Waals surface area contributed by atoms with Crippen LogP contribution >= 0.6 is 11.6 Å². The summed E-state index contributed by atoms with van der Waals surface area (Å²) in [6.45, 7) is 2.73. The number of nitro benzene ring substituents is 1. The Kier molecular flexibility index (Phi) is 4.04. The van der Waals surface area contributed by atoms with Gasteiger partial charge in [-0.05, 0) is 32.3 Å². The number of carbonyl (C=O) groups excluding carboxylic acids is 1. The maximum absolute atomic E-state index is 12.4. The number of hydrogen-bond donors (Lipinski definition) is 0. The molecule has 0 spiro atoms. The zero-order valence-corrected chi connectivity index (χ0v) is 11.4.